The molecule has 94 valence electrons. The van der Waals surface area contributed by atoms with Gasteiger partial charge < -0.3 is 4.74 Å². The maximum absolute atomic E-state index is 13.8. The molecule has 1 nitrogen and oxygen atoms in total. The van der Waals surface area contributed by atoms with Crippen molar-refractivity contribution in [2.45, 2.75) is 30.7 Å². The van der Waals surface area contributed by atoms with E-state index in [2.05, 4.69) is 15.9 Å². The molecule has 1 fully saturated rings. The van der Waals surface area contributed by atoms with E-state index >= 15 is 0 Å². The molecule has 1 heterocycles. The molecule has 1 aliphatic rings. The molecule has 0 N–H and O–H groups in total. The van der Waals surface area contributed by atoms with E-state index in [1.54, 1.807) is 6.07 Å². The fraction of sp³-hybridized carbons (Fsp3) is 0.500. The molecule has 1 aliphatic heterocycles. The summed E-state index contributed by atoms with van der Waals surface area (Å²) in [5, 5.41) is -0.0243. The fourth-order valence-electron chi connectivity index (χ4n) is 1.95. The first-order valence-electron chi connectivity index (χ1n) is 5.49. The van der Waals surface area contributed by atoms with E-state index in [-0.39, 0.29) is 11.9 Å². The van der Waals surface area contributed by atoms with Crippen molar-refractivity contribution in [3.8, 4) is 0 Å². The van der Waals surface area contributed by atoms with Gasteiger partial charge in [-0.25, -0.2) is 4.39 Å². The molecule has 0 aromatic heterocycles. The second kappa shape index (κ2) is 5.87. The van der Waals surface area contributed by atoms with Crippen LogP contribution in [0.25, 0.3) is 0 Å². The lowest BCUT2D eigenvalue weighted by molar-refractivity contribution is 0.0131. The SMILES string of the molecule is Fc1cc(Br)c(Cl)cc1C(Cl)C1CCCCO1. The lowest BCUT2D eigenvalue weighted by Gasteiger charge is -2.27. The van der Waals surface area contributed by atoms with Crippen LogP contribution in [0.3, 0.4) is 0 Å². The zero-order chi connectivity index (χ0) is 12.4. The maximum Gasteiger partial charge on any atom is 0.129 e. The molecule has 0 radical (unpaired) electrons. The number of halogens is 4. The van der Waals surface area contributed by atoms with Gasteiger partial charge >= 0.3 is 0 Å². The first kappa shape index (κ1) is 13.6. The standard InChI is InChI=1S/C12H12BrCl2FO/c13-8-6-10(16)7(5-9(8)14)12(15)11-3-1-2-4-17-11/h5-6,11-12H,1-4H2. The Morgan fingerprint density at radius 2 is 2.18 bits per heavy atom. The maximum atomic E-state index is 13.8. The van der Waals surface area contributed by atoms with Gasteiger partial charge in [-0.3, -0.25) is 0 Å². The second-order valence-electron chi connectivity index (χ2n) is 4.09. The van der Waals surface area contributed by atoms with Crippen molar-refractivity contribution in [3.63, 3.8) is 0 Å². The summed E-state index contributed by atoms with van der Waals surface area (Å²) in [5.74, 6) is -0.351. The minimum atomic E-state index is -0.485. The van der Waals surface area contributed by atoms with Crippen molar-refractivity contribution in [2.75, 3.05) is 6.61 Å². The van der Waals surface area contributed by atoms with Crippen LogP contribution in [0.1, 0.15) is 30.2 Å². The summed E-state index contributed by atoms with van der Waals surface area (Å²) in [6.07, 6.45) is 2.85. The highest BCUT2D eigenvalue weighted by Crippen LogP contribution is 2.36. The van der Waals surface area contributed by atoms with Gasteiger partial charge in [0.1, 0.15) is 5.82 Å². The number of alkyl halides is 1. The molecule has 0 saturated carbocycles. The largest absolute Gasteiger partial charge is 0.376 e. The van der Waals surface area contributed by atoms with E-state index in [1.807, 2.05) is 0 Å². The fourth-order valence-corrected chi connectivity index (χ4v) is 2.80. The van der Waals surface area contributed by atoms with Crippen LogP contribution in [0, 0.1) is 5.82 Å². The van der Waals surface area contributed by atoms with Crippen LogP contribution in [-0.2, 0) is 4.74 Å². The number of benzene rings is 1. The molecule has 1 aromatic rings. The van der Waals surface area contributed by atoms with E-state index in [1.165, 1.54) is 6.07 Å². The van der Waals surface area contributed by atoms with Gasteiger partial charge in [-0.1, -0.05) is 11.6 Å². The predicted molar refractivity (Wildman–Crippen MR) is 71.3 cm³/mol. The van der Waals surface area contributed by atoms with Gasteiger partial charge in [-0.2, -0.15) is 0 Å². The third-order valence-electron chi connectivity index (χ3n) is 2.88. The van der Waals surface area contributed by atoms with Crippen LogP contribution < -0.4 is 0 Å². The second-order valence-corrected chi connectivity index (χ2v) is 5.83. The molecule has 2 rings (SSSR count). The highest BCUT2D eigenvalue weighted by Gasteiger charge is 2.26. The molecule has 0 spiro atoms. The van der Waals surface area contributed by atoms with Gasteiger partial charge in [-0.15, -0.1) is 11.6 Å². The first-order chi connectivity index (χ1) is 8.09. The Labute approximate surface area is 118 Å². The summed E-state index contributed by atoms with van der Waals surface area (Å²) in [7, 11) is 0. The zero-order valence-electron chi connectivity index (χ0n) is 9.06. The first-order valence-corrected chi connectivity index (χ1v) is 7.10. The molecule has 2 unspecified atom stereocenters. The Morgan fingerprint density at radius 3 is 2.82 bits per heavy atom. The van der Waals surface area contributed by atoms with E-state index in [9.17, 15) is 4.39 Å². The Kier molecular flexibility index (Phi) is 4.70. The van der Waals surface area contributed by atoms with Crippen LogP contribution in [-0.4, -0.2) is 12.7 Å². The predicted octanol–water partition coefficient (Wildman–Crippen LogP) is 5.09. The lowest BCUT2D eigenvalue weighted by Crippen LogP contribution is -2.24. The van der Waals surface area contributed by atoms with Crippen LogP contribution in [0.15, 0.2) is 16.6 Å². The van der Waals surface area contributed by atoms with Gasteiger partial charge in [0.05, 0.1) is 16.5 Å². The van der Waals surface area contributed by atoms with E-state index in [0.29, 0.717) is 21.7 Å². The highest BCUT2D eigenvalue weighted by atomic mass is 79.9. The van der Waals surface area contributed by atoms with Crippen molar-refractivity contribution in [1.29, 1.82) is 0 Å². The molecule has 0 aliphatic carbocycles. The molecule has 5 heteroatoms. The van der Waals surface area contributed by atoms with Crippen molar-refractivity contribution < 1.29 is 9.13 Å². The smallest absolute Gasteiger partial charge is 0.129 e. The van der Waals surface area contributed by atoms with Crippen LogP contribution in [0.4, 0.5) is 4.39 Å². The minimum absolute atomic E-state index is 0.128. The van der Waals surface area contributed by atoms with Crippen LogP contribution >= 0.6 is 39.1 Å². The Balaban J connectivity index is 2.23. The normalized spacial score (nSPS) is 22.5. The number of rotatable bonds is 2. The summed E-state index contributed by atoms with van der Waals surface area (Å²) in [6, 6.07) is 2.91. The van der Waals surface area contributed by atoms with Gasteiger partial charge in [-0.05, 0) is 47.3 Å². The Hall–Kier alpha value is 0.170. The topological polar surface area (TPSA) is 9.23 Å². The Morgan fingerprint density at radius 1 is 1.41 bits per heavy atom. The number of ether oxygens (including phenoxy) is 1. The van der Waals surface area contributed by atoms with Gasteiger partial charge in [0, 0.05) is 16.6 Å². The summed E-state index contributed by atoms with van der Waals surface area (Å²) in [6.45, 7) is 0.694. The molecular weight excluding hydrogens is 330 g/mol. The van der Waals surface area contributed by atoms with Gasteiger partial charge in [0.25, 0.3) is 0 Å². The summed E-state index contributed by atoms with van der Waals surface area (Å²) in [4.78, 5) is 0. The molecule has 1 saturated heterocycles. The summed E-state index contributed by atoms with van der Waals surface area (Å²) >= 11 is 15.4. The Bertz CT molecular complexity index is 408. The molecule has 17 heavy (non-hydrogen) atoms. The molecule has 1 aromatic carbocycles. The summed E-state index contributed by atoms with van der Waals surface area (Å²) < 4.78 is 19.9. The number of hydrogen-bond donors (Lipinski definition) is 0. The van der Waals surface area contributed by atoms with E-state index in [0.717, 1.165) is 19.3 Å². The minimum Gasteiger partial charge on any atom is -0.376 e. The van der Waals surface area contributed by atoms with Crippen molar-refractivity contribution >= 4 is 39.1 Å². The zero-order valence-corrected chi connectivity index (χ0v) is 12.2. The highest BCUT2D eigenvalue weighted by molar-refractivity contribution is 9.10. The average molecular weight is 342 g/mol. The van der Waals surface area contributed by atoms with Crippen LogP contribution in [0.2, 0.25) is 5.02 Å². The third-order valence-corrected chi connectivity index (χ3v) is 4.59. The molecule has 2 atom stereocenters. The lowest BCUT2D eigenvalue weighted by atomic mass is 10.0. The van der Waals surface area contributed by atoms with Crippen molar-refractivity contribution in [3.05, 3.63) is 33.0 Å². The average Bonchev–Trinajstić information content (AvgIpc) is 2.34. The van der Waals surface area contributed by atoms with Gasteiger partial charge in [0.15, 0.2) is 0 Å². The van der Waals surface area contributed by atoms with E-state index in [4.69, 9.17) is 27.9 Å². The molecular formula is C12H12BrCl2FO. The molecule has 0 bridgehead atoms. The monoisotopic (exact) mass is 340 g/mol. The van der Waals surface area contributed by atoms with Crippen molar-refractivity contribution in [1.82, 2.24) is 0 Å². The van der Waals surface area contributed by atoms with E-state index < -0.39 is 5.38 Å². The molecule has 0 amide bonds. The van der Waals surface area contributed by atoms with Crippen LogP contribution in [0.5, 0.6) is 0 Å². The number of hydrogen-bond acceptors (Lipinski definition) is 1. The third kappa shape index (κ3) is 3.14. The van der Waals surface area contributed by atoms with Crippen molar-refractivity contribution in [2.24, 2.45) is 0 Å². The summed E-state index contributed by atoms with van der Waals surface area (Å²) in [5.41, 5.74) is 0.409. The quantitative estimate of drug-likeness (QED) is 0.537. The van der Waals surface area contributed by atoms with Gasteiger partial charge in [0.2, 0.25) is 0 Å².